The molecule has 0 bridgehead atoms. The van der Waals surface area contributed by atoms with Gasteiger partial charge in [-0.1, -0.05) is 24.3 Å². The number of carbonyl (C=O) groups is 2. The van der Waals surface area contributed by atoms with E-state index in [1.54, 1.807) is 0 Å². The standard InChI is InChI=1S/C15H18O4/c1-15(2,19-14(18)9-13(16)17)12-8-7-10-5-3-4-6-11(10)12/h3-6,12H,7-9H2,1-2H3,(H,16,17). The number of aliphatic carboxylic acids is 1. The zero-order valence-electron chi connectivity index (χ0n) is 11.2. The van der Waals surface area contributed by atoms with E-state index < -0.39 is 24.0 Å². The van der Waals surface area contributed by atoms with Crippen LogP contribution in [-0.2, 0) is 20.7 Å². The Morgan fingerprint density at radius 3 is 2.74 bits per heavy atom. The van der Waals surface area contributed by atoms with Gasteiger partial charge in [-0.2, -0.15) is 0 Å². The molecule has 1 atom stereocenters. The predicted octanol–water partition coefficient (Wildman–Crippen LogP) is 2.51. The average molecular weight is 262 g/mol. The molecule has 0 aromatic heterocycles. The fraction of sp³-hybridized carbons (Fsp3) is 0.467. The van der Waals surface area contributed by atoms with Gasteiger partial charge in [-0.25, -0.2) is 0 Å². The van der Waals surface area contributed by atoms with Gasteiger partial charge in [0, 0.05) is 5.92 Å². The van der Waals surface area contributed by atoms with Gasteiger partial charge in [0.05, 0.1) is 0 Å². The first kappa shape index (κ1) is 13.6. The van der Waals surface area contributed by atoms with Crippen LogP contribution in [0, 0.1) is 0 Å². The van der Waals surface area contributed by atoms with E-state index in [0.29, 0.717) is 0 Å². The Balaban J connectivity index is 2.13. The lowest BCUT2D eigenvalue weighted by molar-refractivity contribution is -0.162. The molecule has 0 saturated carbocycles. The van der Waals surface area contributed by atoms with Crippen molar-refractivity contribution in [2.24, 2.45) is 0 Å². The Morgan fingerprint density at radius 1 is 1.37 bits per heavy atom. The van der Waals surface area contributed by atoms with E-state index in [-0.39, 0.29) is 5.92 Å². The largest absolute Gasteiger partial charge is 0.481 e. The van der Waals surface area contributed by atoms with Crippen LogP contribution in [0.15, 0.2) is 24.3 Å². The van der Waals surface area contributed by atoms with Crippen molar-refractivity contribution in [1.29, 1.82) is 0 Å². The lowest BCUT2D eigenvalue weighted by Gasteiger charge is -2.32. The Labute approximate surface area is 112 Å². The first-order valence-corrected chi connectivity index (χ1v) is 6.41. The molecular formula is C15H18O4. The average Bonchev–Trinajstić information content (AvgIpc) is 2.70. The number of hydrogen-bond donors (Lipinski definition) is 1. The first-order chi connectivity index (χ1) is 8.90. The molecule has 102 valence electrons. The van der Waals surface area contributed by atoms with Crippen LogP contribution in [0.25, 0.3) is 0 Å². The van der Waals surface area contributed by atoms with E-state index in [1.807, 2.05) is 26.0 Å². The van der Waals surface area contributed by atoms with Crippen LogP contribution in [-0.4, -0.2) is 22.6 Å². The summed E-state index contributed by atoms with van der Waals surface area (Å²) < 4.78 is 5.37. The third kappa shape index (κ3) is 2.95. The van der Waals surface area contributed by atoms with Crippen LogP contribution in [0.5, 0.6) is 0 Å². The maximum Gasteiger partial charge on any atom is 0.317 e. The summed E-state index contributed by atoms with van der Waals surface area (Å²) >= 11 is 0. The van der Waals surface area contributed by atoms with Crippen molar-refractivity contribution in [3.63, 3.8) is 0 Å². The van der Waals surface area contributed by atoms with E-state index in [4.69, 9.17) is 9.84 Å². The maximum atomic E-state index is 11.5. The highest BCUT2D eigenvalue weighted by Gasteiger charge is 2.38. The Hall–Kier alpha value is -1.84. The molecule has 1 aromatic rings. The van der Waals surface area contributed by atoms with Crippen LogP contribution in [0.4, 0.5) is 0 Å². The summed E-state index contributed by atoms with van der Waals surface area (Å²) in [5, 5.41) is 8.60. The van der Waals surface area contributed by atoms with E-state index in [1.165, 1.54) is 11.1 Å². The van der Waals surface area contributed by atoms with E-state index in [9.17, 15) is 9.59 Å². The molecule has 2 rings (SSSR count). The van der Waals surface area contributed by atoms with Gasteiger partial charge in [0.25, 0.3) is 0 Å². The Morgan fingerprint density at radius 2 is 2.05 bits per heavy atom. The summed E-state index contributed by atoms with van der Waals surface area (Å²) in [6.45, 7) is 3.69. The van der Waals surface area contributed by atoms with E-state index >= 15 is 0 Å². The molecule has 0 saturated heterocycles. The minimum absolute atomic E-state index is 0.126. The molecule has 0 spiro atoms. The van der Waals surface area contributed by atoms with Crippen molar-refractivity contribution in [2.45, 2.75) is 44.6 Å². The fourth-order valence-electron chi connectivity index (χ4n) is 2.80. The van der Waals surface area contributed by atoms with Gasteiger partial charge >= 0.3 is 11.9 Å². The molecule has 4 heteroatoms. The normalized spacial score (nSPS) is 17.9. The Bertz CT molecular complexity index is 505. The van der Waals surface area contributed by atoms with Gasteiger partial charge in [-0.15, -0.1) is 0 Å². The molecule has 1 unspecified atom stereocenters. The van der Waals surface area contributed by atoms with Gasteiger partial charge in [0.2, 0.25) is 0 Å². The highest BCUT2D eigenvalue weighted by molar-refractivity contribution is 5.90. The van der Waals surface area contributed by atoms with Gasteiger partial charge in [-0.3, -0.25) is 9.59 Å². The number of aryl methyl sites for hydroxylation is 1. The second kappa shape index (κ2) is 5.03. The van der Waals surface area contributed by atoms with Crippen LogP contribution >= 0.6 is 0 Å². The fourth-order valence-corrected chi connectivity index (χ4v) is 2.80. The van der Waals surface area contributed by atoms with Gasteiger partial charge in [-0.05, 0) is 37.8 Å². The summed E-state index contributed by atoms with van der Waals surface area (Å²) in [6, 6.07) is 8.13. The molecular weight excluding hydrogens is 244 g/mol. The molecule has 0 aliphatic heterocycles. The maximum absolute atomic E-state index is 11.5. The molecule has 1 N–H and O–H groups in total. The number of hydrogen-bond acceptors (Lipinski definition) is 3. The van der Waals surface area contributed by atoms with E-state index in [0.717, 1.165) is 12.8 Å². The summed E-state index contributed by atoms with van der Waals surface area (Å²) in [6.07, 6.45) is 1.31. The Kier molecular flexibility index (Phi) is 3.60. The van der Waals surface area contributed by atoms with Crippen molar-refractivity contribution >= 4 is 11.9 Å². The molecule has 1 aromatic carbocycles. The third-order valence-electron chi connectivity index (χ3n) is 3.64. The molecule has 0 fully saturated rings. The molecule has 1 aliphatic rings. The van der Waals surface area contributed by atoms with Crippen LogP contribution in [0.3, 0.4) is 0 Å². The number of carboxylic acid groups (broad SMARTS) is 1. The number of benzene rings is 1. The smallest absolute Gasteiger partial charge is 0.317 e. The second-order valence-corrected chi connectivity index (χ2v) is 5.44. The molecule has 4 nitrogen and oxygen atoms in total. The van der Waals surface area contributed by atoms with Crippen molar-refractivity contribution in [2.75, 3.05) is 0 Å². The van der Waals surface area contributed by atoms with Crippen molar-refractivity contribution in [3.05, 3.63) is 35.4 Å². The summed E-state index contributed by atoms with van der Waals surface area (Å²) in [7, 11) is 0. The van der Waals surface area contributed by atoms with E-state index in [2.05, 4.69) is 12.1 Å². The van der Waals surface area contributed by atoms with Crippen LogP contribution < -0.4 is 0 Å². The first-order valence-electron chi connectivity index (χ1n) is 6.41. The summed E-state index contributed by atoms with van der Waals surface area (Å²) in [5.41, 5.74) is 1.81. The summed E-state index contributed by atoms with van der Waals surface area (Å²) in [4.78, 5) is 22.0. The SMILES string of the molecule is CC(C)(OC(=O)CC(=O)O)C1CCc2ccccc21. The predicted molar refractivity (Wildman–Crippen MR) is 69.9 cm³/mol. The number of ether oxygens (including phenoxy) is 1. The van der Waals surface area contributed by atoms with Crippen molar-refractivity contribution in [1.82, 2.24) is 0 Å². The van der Waals surface area contributed by atoms with Gasteiger partial charge < -0.3 is 9.84 Å². The number of carbonyl (C=O) groups excluding carboxylic acids is 1. The topological polar surface area (TPSA) is 63.6 Å². The minimum Gasteiger partial charge on any atom is -0.481 e. The zero-order chi connectivity index (χ0) is 14.0. The molecule has 19 heavy (non-hydrogen) atoms. The highest BCUT2D eigenvalue weighted by Crippen LogP contribution is 2.42. The van der Waals surface area contributed by atoms with Gasteiger partial charge in [0.15, 0.2) is 0 Å². The van der Waals surface area contributed by atoms with Crippen LogP contribution in [0.2, 0.25) is 0 Å². The molecule has 1 aliphatic carbocycles. The quantitative estimate of drug-likeness (QED) is 0.669. The molecule has 0 heterocycles. The minimum atomic E-state index is -1.16. The molecule has 0 amide bonds. The highest BCUT2D eigenvalue weighted by atomic mass is 16.6. The zero-order valence-corrected chi connectivity index (χ0v) is 11.2. The lowest BCUT2D eigenvalue weighted by Crippen LogP contribution is -2.34. The van der Waals surface area contributed by atoms with Crippen LogP contribution in [0.1, 0.15) is 43.7 Å². The van der Waals surface area contributed by atoms with Crippen molar-refractivity contribution in [3.8, 4) is 0 Å². The molecule has 0 radical (unpaired) electrons. The second-order valence-electron chi connectivity index (χ2n) is 5.44. The number of fused-ring (bicyclic) bond motifs is 1. The third-order valence-corrected chi connectivity index (χ3v) is 3.64. The lowest BCUT2D eigenvalue weighted by atomic mass is 9.86. The number of carboxylic acids is 1. The van der Waals surface area contributed by atoms with Crippen molar-refractivity contribution < 1.29 is 19.4 Å². The number of rotatable bonds is 4. The van der Waals surface area contributed by atoms with Gasteiger partial charge in [0.1, 0.15) is 12.0 Å². The monoisotopic (exact) mass is 262 g/mol. The number of esters is 1. The summed E-state index contributed by atoms with van der Waals surface area (Å²) in [5.74, 6) is -1.71.